The van der Waals surface area contributed by atoms with Crippen LogP contribution in [0.15, 0.2) is 11.7 Å². The van der Waals surface area contributed by atoms with Gasteiger partial charge >= 0.3 is 5.97 Å². The van der Waals surface area contributed by atoms with Crippen molar-refractivity contribution in [3.8, 4) is 0 Å². The SMILES string of the molecule is CCOC(=O)Cc1csc(NCCc2ncn(C)n2)n1. The minimum absolute atomic E-state index is 0.216. The summed E-state index contributed by atoms with van der Waals surface area (Å²) in [6.07, 6.45) is 2.62. The molecule has 0 atom stereocenters. The van der Waals surface area contributed by atoms with Gasteiger partial charge in [-0.3, -0.25) is 9.48 Å². The van der Waals surface area contributed by atoms with Gasteiger partial charge in [0.05, 0.1) is 18.7 Å². The van der Waals surface area contributed by atoms with Crippen molar-refractivity contribution in [3.05, 3.63) is 23.2 Å². The zero-order valence-corrected chi connectivity index (χ0v) is 12.3. The maximum atomic E-state index is 11.3. The van der Waals surface area contributed by atoms with Crippen molar-refractivity contribution in [1.29, 1.82) is 0 Å². The molecule has 0 aliphatic carbocycles. The molecule has 108 valence electrons. The highest BCUT2D eigenvalue weighted by Crippen LogP contribution is 2.15. The summed E-state index contributed by atoms with van der Waals surface area (Å²) in [7, 11) is 1.84. The topological polar surface area (TPSA) is 81.9 Å². The summed E-state index contributed by atoms with van der Waals surface area (Å²) in [6.45, 7) is 2.89. The Hall–Kier alpha value is -1.96. The van der Waals surface area contributed by atoms with E-state index in [1.165, 1.54) is 11.3 Å². The van der Waals surface area contributed by atoms with E-state index in [-0.39, 0.29) is 12.4 Å². The van der Waals surface area contributed by atoms with Crippen LogP contribution in [0.1, 0.15) is 18.4 Å². The van der Waals surface area contributed by atoms with Gasteiger partial charge in [-0.2, -0.15) is 5.10 Å². The van der Waals surface area contributed by atoms with Gasteiger partial charge in [-0.1, -0.05) is 0 Å². The van der Waals surface area contributed by atoms with Crippen molar-refractivity contribution in [2.24, 2.45) is 7.05 Å². The Morgan fingerprint density at radius 3 is 3.10 bits per heavy atom. The molecule has 0 saturated carbocycles. The van der Waals surface area contributed by atoms with Gasteiger partial charge in [0.15, 0.2) is 11.0 Å². The number of anilines is 1. The van der Waals surface area contributed by atoms with Crippen LogP contribution in [0.4, 0.5) is 5.13 Å². The van der Waals surface area contributed by atoms with Gasteiger partial charge in [0, 0.05) is 25.4 Å². The summed E-state index contributed by atoms with van der Waals surface area (Å²) in [6, 6.07) is 0. The summed E-state index contributed by atoms with van der Waals surface area (Å²) in [5.41, 5.74) is 0.729. The highest BCUT2D eigenvalue weighted by Gasteiger charge is 2.08. The Morgan fingerprint density at radius 2 is 2.40 bits per heavy atom. The number of thiazole rings is 1. The van der Waals surface area contributed by atoms with Crippen molar-refractivity contribution in [2.75, 3.05) is 18.5 Å². The first-order valence-electron chi connectivity index (χ1n) is 6.35. The monoisotopic (exact) mass is 295 g/mol. The molecule has 2 heterocycles. The van der Waals surface area contributed by atoms with Crippen LogP contribution in [0.25, 0.3) is 0 Å². The van der Waals surface area contributed by atoms with Crippen molar-refractivity contribution in [3.63, 3.8) is 0 Å². The largest absolute Gasteiger partial charge is 0.466 e. The van der Waals surface area contributed by atoms with E-state index < -0.39 is 0 Å². The summed E-state index contributed by atoms with van der Waals surface area (Å²) in [4.78, 5) is 19.8. The first-order chi connectivity index (χ1) is 9.67. The number of hydrogen-bond donors (Lipinski definition) is 1. The molecule has 2 aromatic heterocycles. The third-order valence-electron chi connectivity index (χ3n) is 2.45. The molecule has 0 aromatic carbocycles. The molecular formula is C12H17N5O2S. The molecular weight excluding hydrogens is 278 g/mol. The fourth-order valence-electron chi connectivity index (χ4n) is 1.61. The van der Waals surface area contributed by atoms with Crippen LogP contribution in [0.3, 0.4) is 0 Å². The summed E-state index contributed by atoms with van der Waals surface area (Å²) in [5, 5.41) is 10.0. The Kier molecular flexibility index (Phi) is 5.05. The summed E-state index contributed by atoms with van der Waals surface area (Å²) >= 11 is 1.47. The second kappa shape index (κ2) is 6.99. The Labute approximate surface area is 121 Å². The third kappa shape index (κ3) is 4.30. The zero-order chi connectivity index (χ0) is 14.4. The van der Waals surface area contributed by atoms with Gasteiger partial charge in [-0.15, -0.1) is 11.3 Å². The van der Waals surface area contributed by atoms with Gasteiger partial charge in [-0.25, -0.2) is 9.97 Å². The van der Waals surface area contributed by atoms with Crippen LogP contribution in [-0.4, -0.2) is 38.9 Å². The van der Waals surface area contributed by atoms with Crippen LogP contribution in [0.5, 0.6) is 0 Å². The fraction of sp³-hybridized carbons (Fsp3) is 0.500. The van der Waals surface area contributed by atoms with E-state index in [4.69, 9.17) is 4.74 Å². The average molecular weight is 295 g/mol. The minimum Gasteiger partial charge on any atom is -0.466 e. The molecule has 0 aliphatic rings. The van der Waals surface area contributed by atoms with E-state index in [1.807, 2.05) is 12.4 Å². The number of hydrogen-bond acceptors (Lipinski definition) is 7. The molecule has 0 fully saturated rings. The quantitative estimate of drug-likeness (QED) is 0.768. The maximum absolute atomic E-state index is 11.3. The van der Waals surface area contributed by atoms with Crippen LogP contribution < -0.4 is 5.32 Å². The lowest BCUT2D eigenvalue weighted by atomic mass is 10.3. The Morgan fingerprint density at radius 1 is 1.55 bits per heavy atom. The highest BCUT2D eigenvalue weighted by molar-refractivity contribution is 7.13. The number of rotatable bonds is 7. The number of nitrogens with one attached hydrogen (secondary N) is 1. The molecule has 0 bridgehead atoms. The smallest absolute Gasteiger partial charge is 0.311 e. The summed E-state index contributed by atoms with van der Waals surface area (Å²) < 4.78 is 6.56. The number of nitrogens with zero attached hydrogens (tertiary/aromatic N) is 4. The number of carbonyl (C=O) groups is 1. The number of aromatic nitrogens is 4. The number of carbonyl (C=O) groups excluding carboxylic acids is 1. The van der Waals surface area contributed by atoms with E-state index in [0.717, 1.165) is 23.1 Å². The Balaban J connectivity index is 1.76. The van der Waals surface area contributed by atoms with E-state index in [1.54, 1.807) is 17.9 Å². The Bertz CT molecular complexity index is 566. The van der Waals surface area contributed by atoms with E-state index in [9.17, 15) is 4.79 Å². The first kappa shape index (κ1) is 14.4. The molecule has 0 amide bonds. The van der Waals surface area contributed by atoms with Gasteiger partial charge in [0.1, 0.15) is 6.33 Å². The zero-order valence-electron chi connectivity index (χ0n) is 11.5. The molecule has 8 heteroatoms. The van der Waals surface area contributed by atoms with Gasteiger partial charge in [-0.05, 0) is 6.92 Å². The van der Waals surface area contributed by atoms with Crippen molar-refractivity contribution in [1.82, 2.24) is 19.7 Å². The van der Waals surface area contributed by atoms with Crippen molar-refractivity contribution in [2.45, 2.75) is 19.8 Å². The minimum atomic E-state index is -0.248. The second-order valence-electron chi connectivity index (χ2n) is 4.14. The molecule has 2 rings (SSSR count). The molecule has 0 aliphatic heterocycles. The van der Waals surface area contributed by atoms with Gasteiger partial charge < -0.3 is 10.1 Å². The van der Waals surface area contributed by atoms with Crippen LogP contribution in [0.2, 0.25) is 0 Å². The number of aryl methyl sites for hydroxylation is 1. The highest BCUT2D eigenvalue weighted by atomic mass is 32.1. The third-order valence-corrected chi connectivity index (χ3v) is 3.30. The number of esters is 1. The lowest BCUT2D eigenvalue weighted by Crippen LogP contribution is -2.08. The van der Waals surface area contributed by atoms with Crippen LogP contribution in [0, 0.1) is 0 Å². The standard InChI is InChI=1S/C12H17N5O2S/c1-3-19-11(18)6-9-7-20-12(15-9)13-5-4-10-14-8-17(2)16-10/h7-8H,3-6H2,1-2H3,(H,13,15). The van der Waals surface area contributed by atoms with Gasteiger partial charge in [0.2, 0.25) is 0 Å². The normalized spacial score (nSPS) is 10.5. The predicted molar refractivity (Wildman–Crippen MR) is 75.6 cm³/mol. The predicted octanol–water partition coefficient (Wildman–Crippen LogP) is 1.03. The van der Waals surface area contributed by atoms with E-state index >= 15 is 0 Å². The molecule has 20 heavy (non-hydrogen) atoms. The van der Waals surface area contributed by atoms with E-state index in [0.29, 0.717) is 13.2 Å². The molecule has 7 nitrogen and oxygen atoms in total. The molecule has 0 radical (unpaired) electrons. The molecule has 0 unspecified atom stereocenters. The lowest BCUT2D eigenvalue weighted by Gasteiger charge is -2.00. The van der Waals surface area contributed by atoms with Crippen molar-refractivity contribution >= 4 is 22.4 Å². The first-order valence-corrected chi connectivity index (χ1v) is 7.23. The summed E-state index contributed by atoms with van der Waals surface area (Å²) in [5.74, 6) is 0.547. The molecule has 0 spiro atoms. The van der Waals surface area contributed by atoms with E-state index in [2.05, 4.69) is 20.4 Å². The lowest BCUT2D eigenvalue weighted by molar-refractivity contribution is -0.142. The van der Waals surface area contributed by atoms with Crippen LogP contribution in [-0.2, 0) is 29.4 Å². The van der Waals surface area contributed by atoms with Gasteiger partial charge in [0.25, 0.3) is 0 Å². The number of ether oxygens (including phenoxy) is 1. The molecule has 0 saturated heterocycles. The average Bonchev–Trinajstić information content (AvgIpc) is 3.00. The fourth-order valence-corrected chi connectivity index (χ4v) is 2.35. The molecule has 1 N–H and O–H groups in total. The van der Waals surface area contributed by atoms with Crippen molar-refractivity contribution < 1.29 is 9.53 Å². The molecule has 2 aromatic rings. The second-order valence-corrected chi connectivity index (χ2v) is 5.00. The van der Waals surface area contributed by atoms with Crippen LogP contribution >= 0.6 is 11.3 Å². The maximum Gasteiger partial charge on any atom is 0.311 e.